The van der Waals surface area contributed by atoms with Crippen molar-refractivity contribution in [1.29, 1.82) is 0 Å². The molecule has 2 atom stereocenters. The zero-order valence-corrected chi connectivity index (χ0v) is 15.7. The number of ketones is 1. The maximum Gasteiger partial charge on any atom is 0.322 e. The van der Waals surface area contributed by atoms with Crippen LogP contribution in [0.1, 0.15) is 33.1 Å². The summed E-state index contributed by atoms with van der Waals surface area (Å²) in [5.41, 5.74) is 5.27. The van der Waals surface area contributed by atoms with E-state index in [0.717, 1.165) is 24.6 Å². The van der Waals surface area contributed by atoms with Gasteiger partial charge in [0.15, 0.2) is 5.12 Å². The third-order valence-corrected chi connectivity index (χ3v) is 4.10. The Hall–Kier alpha value is -2.14. The lowest BCUT2D eigenvalue weighted by Gasteiger charge is -2.18. The van der Waals surface area contributed by atoms with Crippen molar-refractivity contribution >= 4 is 40.6 Å². The summed E-state index contributed by atoms with van der Waals surface area (Å²) in [7, 11) is 0. The highest BCUT2D eigenvalue weighted by molar-refractivity contribution is 8.13. The average molecular weight is 390 g/mol. The van der Waals surface area contributed by atoms with Crippen LogP contribution < -0.4 is 21.7 Å². The predicted octanol–water partition coefficient (Wildman–Crippen LogP) is -0.779. The molecule has 0 saturated carbocycles. The highest BCUT2D eigenvalue weighted by Gasteiger charge is 2.23. The van der Waals surface area contributed by atoms with Gasteiger partial charge >= 0.3 is 12.0 Å². The van der Waals surface area contributed by atoms with Crippen molar-refractivity contribution in [2.24, 2.45) is 5.73 Å². The summed E-state index contributed by atoms with van der Waals surface area (Å²) in [6.45, 7) is 2.72. The lowest BCUT2D eigenvalue weighted by molar-refractivity contribution is -0.138. The molecule has 26 heavy (non-hydrogen) atoms. The summed E-state index contributed by atoms with van der Waals surface area (Å²) in [5, 5.41) is 15.5. The number of nitrogens with one attached hydrogen (secondary N) is 3. The Labute approximate surface area is 156 Å². The highest BCUT2D eigenvalue weighted by Crippen LogP contribution is 2.10. The van der Waals surface area contributed by atoms with E-state index in [1.807, 2.05) is 6.92 Å². The number of aliphatic carboxylic acids is 1. The lowest BCUT2D eigenvalue weighted by Crippen LogP contribution is -2.54. The number of rotatable bonds is 12. The van der Waals surface area contributed by atoms with Crippen LogP contribution in [0.25, 0.3) is 0 Å². The van der Waals surface area contributed by atoms with Gasteiger partial charge < -0.3 is 26.8 Å². The Morgan fingerprint density at radius 1 is 1.15 bits per heavy atom. The fourth-order valence-corrected chi connectivity index (χ4v) is 2.46. The van der Waals surface area contributed by atoms with Gasteiger partial charge in [0.05, 0.1) is 6.54 Å². The van der Waals surface area contributed by atoms with Crippen LogP contribution in [0.5, 0.6) is 0 Å². The molecule has 0 aromatic heterocycles. The quantitative estimate of drug-likeness (QED) is 0.289. The first-order valence-corrected chi connectivity index (χ1v) is 9.11. The Kier molecular flexibility index (Phi) is 12.0. The second-order valence-corrected chi connectivity index (χ2v) is 6.64. The van der Waals surface area contributed by atoms with E-state index in [2.05, 4.69) is 16.0 Å². The Morgan fingerprint density at radius 3 is 2.35 bits per heavy atom. The minimum absolute atomic E-state index is 0.00924. The first-order valence-electron chi connectivity index (χ1n) is 8.12. The molecule has 0 fully saturated rings. The van der Waals surface area contributed by atoms with Crippen molar-refractivity contribution in [3.05, 3.63) is 0 Å². The number of nitrogens with two attached hydrogens (primary N) is 1. The number of amides is 3. The van der Waals surface area contributed by atoms with E-state index in [1.165, 1.54) is 6.92 Å². The van der Waals surface area contributed by atoms with Gasteiger partial charge in [-0.25, -0.2) is 4.79 Å². The van der Waals surface area contributed by atoms with Gasteiger partial charge in [0.1, 0.15) is 17.9 Å². The van der Waals surface area contributed by atoms with E-state index in [4.69, 9.17) is 10.8 Å². The molecule has 0 heterocycles. The largest absolute Gasteiger partial charge is 0.480 e. The standard InChI is InChI=1S/C15H26N4O6S/c1-3-4-5-12(21)26-8-11(13(22)17-6-9(2)20)19-15(25)18-7-10(16)14(23)24/h10-11H,3-8,16H2,1-2H3,(H,17,22)(H,23,24)(H2,18,19,25)/t10-,11-/m0/s1. The van der Waals surface area contributed by atoms with Gasteiger partial charge in [-0.3, -0.25) is 19.2 Å². The molecule has 0 aromatic carbocycles. The van der Waals surface area contributed by atoms with Crippen molar-refractivity contribution in [3.8, 4) is 0 Å². The molecule has 0 unspecified atom stereocenters. The number of hydrogen-bond acceptors (Lipinski definition) is 7. The van der Waals surface area contributed by atoms with Crippen LogP contribution in [0.15, 0.2) is 0 Å². The Morgan fingerprint density at radius 2 is 1.81 bits per heavy atom. The number of thioether (sulfide) groups is 1. The molecule has 0 radical (unpaired) electrons. The van der Waals surface area contributed by atoms with Gasteiger partial charge in [-0.15, -0.1) is 0 Å². The normalized spacial score (nSPS) is 12.6. The van der Waals surface area contributed by atoms with Gasteiger partial charge in [0.25, 0.3) is 0 Å². The summed E-state index contributed by atoms with van der Waals surface area (Å²) < 4.78 is 0. The third kappa shape index (κ3) is 11.4. The van der Waals surface area contributed by atoms with Crippen LogP contribution in [0.4, 0.5) is 4.79 Å². The van der Waals surface area contributed by atoms with Crippen molar-refractivity contribution in [2.45, 2.75) is 45.2 Å². The Bertz CT molecular complexity index is 528. The zero-order valence-electron chi connectivity index (χ0n) is 14.9. The molecular weight excluding hydrogens is 364 g/mol. The molecule has 11 heteroatoms. The number of unbranched alkanes of at least 4 members (excludes halogenated alkanes) is 1. The lowest BCUT2D eigenvalue weighted by atomic mass is 10.3. The molecule has 0 aliphatic heterocycles. The molecule has 10 nitrogen and oxygen atoms in total. The minimum Gasteiger partial charge on any atom is -0.480 e. The van der Waals surface area contributed by atoms with Gasteiger partial charge in [-0.05, 0) is 13.3 Å². The molecule has 0 rings (SSSR count). The fraction of sp³-hybridized carbons (Fsp3) is 0.667. The fourth-order valence-electron chi connectivity index (χ4n) is 1.59. The summed E-state index contributed by atoms with van der Waals surface area (Å²) in [4.78, 5) is 57.3. The van der Waals surface area contributed by atoms with E-state index in [9.17, 15) is 24.0 Å². The maximum absolute atomic E-state index is 12.1. The molecule has 0 spiro atoms. The average Bonchev–Trinajstić information content (AvgIpc) is 2.58. The number of hydrogen-bond donors (Lipinski definition) is 5. The van der Waals surface area contributed by atoms with E-state index in [0.29, 0.717) is 6.42 Å². The van der Waals surface area contributed by atoms with E-state index >= 15 is 0 Å². The van der Waals surface area contributed by atoms with Gasteiger partial charge in [-0.2, -0.15) is 0 Å². The topological polar surface area (TPSA) is 168 Å². The first-order chi connectivity index (χ1) is 12.2. The number of urea groups is 1. The first kappa shape index (κ1) is 23.9. The van der Waals surface area contributed by atoms with Crippen LogP contribution in [-0.2, 0) is 19.2 Å². The highest BCUT2D eigenvalue weighted by atomic mass is 32.2. The zero-order chi connectivity index (χ0) is 20.1. The smallest absolute Gasteiger partial charge is 0.322 e. The number of carbonyl (C=O) groups excluding carboxylic acids is 4. The minimum atomic E-state index is -1.28. The molecule has 148 valence electrons. The molecule has 0 aliphatic rings. The van der Waals surface area contributed by atoms with E-state index in [-0.39, 0.29) is 29.7 Å². The third-order valence-electron chi connectivity index (χ3n) is 3.08. The predicted molar refractivity (Wildman–Crippen MR) is 96.6 cm³/mol. The van der Waals surface area contributed by atoms with Crippen molar-refractivity contribution in [3.63, 3.8) is 0 Å². The molecule has 0 saturated heterocycles. The van der Waals surface area contributed by atoms with Crippen molar-refractivity contribution < 1.29 is 29.1 Å². The molecule has 0 aromatic rings. The van der Waals surface area contributed by atoms with Gasteiger partial charge in [0, 0.05) is 18.7 Å². The van der Waals surface area contributed by atoms with Crippen LogP contribution >= 0.6 is 11.8 Å². The second-order valence-electron chi connectivity index (χ2n) is 5.56. The van der Waals surface area contributed by atoms with Crippen LogP contribution in [0.3, 0.4) is 0 Å². The van der Waals surface area contributed by atoms with Crippen molar-refractivity contribution in [2.75, 3.05) is 18.8 Å². The molecule has 0 bridgehead atoms. The van der Waals surface area contributed by atoms with Crippen LogP contribution in [0.2, 0.25) is 0 Å². The van der Waals surface area contributed by atoms with Crippen molar-refractivity contribution in [1.82, 2.24) is 16.0 Å². The van der Waals surface area contributed by atoms with Crippen LogP contribution in [-0.4, -0.2) is 64.8 Å². The number of carboxylic acid groups (broad SMARTS) is 1. The second kappa shape index (κ2) is 13.1. The summed E-state index contributed by atoms with van der Waals surface area (Å²) in [5.74, 6) is -2.17. The Balaban J connectivity index is 4.67. The number of carbonyl (C=O) groups is 5. The molecule has 0 aliphatic carbocycles. The monoisotopic (exact) mass is 390 g/mol. The van der Waals surface area contributed by atoms with Crippen LogP contribution in [0, 0.1) is 0 Å². The SMILES string of the molecule is CCCCC(=O)SC[C@H](NC(=O)NC[C@H](N)C(=O)O)C(=O)NCC(C)=O. The van der Waals surface area contributed by atoms with E-state index < -0.39 is 30.0 Å². The number of carboxylic acids is 1. The molecule has 6 N–H and O–H groups in total. The van der Waals surface area contributed by atoms with Gasteiger partial charge in [-0.1, -0.05) is 25.1 Å². The van der Waals surface area contributed by atoms with E-state index in [1.54, 1.807) is 0 Å². The van der Waals surface area contributed by atoms with Gasteiger partial charge in [0.2, 0.25) is 5.91 Å². The maximum atomic E-state index is 12.1. The number of Topliss-reactive ketones (excluding diaryl/α,β-unsaturated/α-hetero) is 1. The summed E-state index contributed by atoms with van der Waals surface area (Å²) in [6.07, 6.45) is 1.95. The summed E-state index contributed by atoms with van der Waals surface area (Å²) >= 11 is 0.912. The summed E-state index contributed by atoms with van der Waals surface area (Å²) in [6, 6.07) is -3.15. The molecular formula is C15H26N4O6S. The molecule has 3 amide bonds.